The topological polar surface area (TPSA) is 45.7 Å². The Morgan fingerprint density at radius 2 is 1.79 bits per heavy atom. The van der Waals surface area contributed by atoms with Crippen LogP contribution in [0.15, 0.2) is 47.5 Å². The molecule has 4 rings (SSSR count). The van der Waals surface area contributed by atoms with Crippen molar-refractivity contribution in [3.8, 4) is 0 Å². The zero-order valence-corrected chi connectivity index (χ0v) is 15.7. The summed E-state index contributed by atoms with van der Waals surface area (Å²) in [5.74, 6) is 0.697. The Kier molecular flexibility index (Phi) is 4.97. The molecule has 148 valence electrons. The number of amidine groups is 1. The first-order valence-corrected chi connectivity index (χ1v) is 9.38. The molecule has 0 saturated carbocycles. The molecular weight excluding hydrogens is 391 g/mol. The van der Waals surface area contributed by atoms with Gasteiger partial charge in [0.1, 0.15) is 5.84 Å². The number of hydrogen-bond acceptors (Lipinski definition) is 3. The SMILES string of the molecule is FC(F)(F)c1ccc(Cl)c(CN=C2Nc3ccccc3NC23CCOCC3)c1. The van der Waals surface area contributed by atoms with E-state index < -0.39 is 17.3 Å². The molecule has 1 fully saturated rings. The van der Waals surface area contributed by atoms with Gasteiger partial charge in [-0.15, -0.1) is 0 Å². The smallest absolute Gasteiger partial charge is 0.381 e. The quantitative estimate of drug-likeness (QED) is 0.703. The third kappa shape index (κ3) is 3.69. The summed E-state index contributed by atoms with van der Waals surface area (Å²) in [6, 6.07) is 11.1. The first-order valence-electron chi connectivity index (χ1n) is 9.00. The van der Waals surface area contributed by atoms with E-state index in [1.807, 2.05) is 24.3 Å². The second kappa shape index (κ2) is 7.29. The van der Waals surface area contributed by atoms with Crippen LogP contribution in [0.4, 0.5) is 24.5 Å². The zero-order chi connectivity index (χ0) is 19.8. The molecule has 1 spiro atoms. The van der Waals surface area contributed by atoms with Gasteiger partial charge in [-0.05, 0) is 35.9 Å². The molecule has 0 amide bonds. The fourth-order valence-electron chi connectivity index (χ4n) is 3.57. The van der Waals surface area contributed by atoms with Gasteiger partial charge in [-0.2, -0.15) is 13.2 Å². The Hall–Kier alpha value is -2.25. The van der Waals surface area contributed by atoms with Crippen LogP contribution in [0.5, 0.6) is 0 Å². The molecule has 0 radical (unpaired) electrons. The molecule has 0 unspecified atom stereocenters. The fourth-order valence-corrected chi connectivity index (χ4v) is 3.75. The van der Waals surface area contributed by atoms with Gasteiger partial charge in [0.25, 0.3) is 0 Å². The summed E-state index contributed by atoms with van der Waals surface area (Å²) < 4.78 is 44.6. The van der Waals surface area contributed by atoms with E-state index >= 15 is 0 Å². The van der Waals surface area contributed by atoms with Gasteiger partial charge in [-0.1, -0.05) is 23.7 Å². The minimum absolute atomic E-state index is 0.0531. The lowest BCUT2D eigenvalue weighted by Gasteiger charge is -2.43. The molecule has 2 aromatic carbocycles. The number of ether oxygens (including phenoxy) is 1. The minimum Gasteiger partial charge on any atom is -0.381 e. The molecule has 2 aliphatic rings. The summed E-state index contributed by atoms with van der Waals surface area (Å²) in [4.78, 5) is 4.65. The van der Waals surface area contributed by atoms with Crippen molar-refractivity contribution in [1.82, 2.24) is 0 Å². The molecule has 2 aliphatic heterocycles. The summed E-state index contributed by atoms with van der Waals surface area (Å²) in [6.45, 7) is 1.22. The summed E-state index contributed by atoms with van der Waals surface area (Å²) in [6.07, 6.45) is -3.00. The largest absolute Gasteiger partial charge is 0.416 e. The van der Waals surface area contributed by atoms with Gasteiger partial charge in [0.15, 0.2) is 0 Å². The van der Waals surface area contributed by atoms with Crippen LogP contribution >= 0.6 is 11.6 Å². The van der Waals surface area contributed by atoms with E-state index in [1.165, 1.54) is 6.07 Å². The molecule has 0 aliphatic carbocycles. The van der Waals surface area contributed by atoms with E-state index in [2.05, 4.69) is 15.6 Å². The summed E-state index contributed by atoms with van der Waals surface area (Å²) in [7, 11) is 0. The molecular formula is C20H19ClF3N3O. The first kappa shape index (κ1) is 19.1. The number of halogens is 4. The molecule has 2 N–H and O–H groups in total. The normalized spacial score (nSPS) is 19.8. The lowest BCUT2D eigenvalue weighted by atomic mass is 9.86. The Bertz CT molecular complexity index is 908. The number of alkyl halides is 3. The summed E-state index contributed by atoms with van der Waals surface area (Å²) in [5.41, 5.74) is 1.04. The molecule has 1 saturated heterocycles. The second-order valence-corrected chi connectivity index (χ2v) is 7.37. The summed E-state index contributed by atoms with van der Waals surface area (Å²) >= 11 is 6.13. The van der Waals surface area contributed by atoms with Crippen molar-refractivity contribution in [2.75, 3.05) is 23.8 Å². The predicted octanol–water partition coefficient (Wildman–Crippen LogP) is 5.34. The number of anilines is 2. The number of benzene rings is 2. The third-order valence-electron chi connectivity index (χ3n) is 5.13. The van der Waals surface area contributed by atoms with Crippen molar-refractivity contribution >= 4 is 28.8 Å². The Labute approximate surface area is 165 Å². The lowest BCUT2D eigenvalue weighted by molar-refractivity contribution is -0.137. The van der Waals surface area contributed by atoms with Crippen LogP contribution in [0.2, 0.25) is 5.02 Å². The number of nitrogens with one attached hydrogen (secondary N) is 2. The highest BCUT2D eigenvalue weighted by Crippen LogP contribution is 2.37. The van der Waals surface area contributed by atoms with E-state index in [4.69, 9.17) is 16.3 Å². The molecule has 2 heterocycles. The standard InChI is InChI=1S/C20H19ClF3N3O/c21-15-6-5-14(20(22,23)24)11-13(15)12-25-18-19(7-9-28-10-8-19)27-17-4-2-1-3-16(17)26-18/h1-6,11,27H,7-10,12H2,(H,25,26). The fraction of sp³-hybridized carbons (Fsp3) is 0.350. The highest BCUT2D eigenvalue weighted by Gasteiger charge is 2.41. The lowest BCUT2D eigenvalue weighted by Crippen LogP contribution is -2.55. The molecule has 8 heteroatoms. The van der Waals surface area contributed by atoms with Gasteiger partial charge in [0, 0.05) is 31.1 Å². The maximum atomic E-state index is 13.0. The highest BCUT2D eigenvalue weighted by molar-refractivity contribution is 6.31. The monoisotopic (exact) mass is 409 g/mol. The van der Waals surface area contributed by atoms with Crippen LogP contribution in [0, 0.1) is 0 Å². The molecule has 28 heavy (non-hydrogen) atoms. The van der Waals surface area contributed by atoms with Gasteiger partial charge in [-0.25, -0.2) is 0 Å². The number of nitrogens with zero attached hydrogens (tertiary/aromatic N) is 1. The van der Waals surface area contributed by atoms with Crippen molar-refractivity contribution in [1.29, 1.82) is 0 Å². The van der Waals surface area contributed by atoms with Gasteiger partial charge in [0.2, 0.25) is 0 Å². The van der Waals surface area contributed by atoms with Crippen LogP contribution < -0.4 is 10.6 Å². The first-order chi connectivity index (χ1) is 13.4. The maximum absolute atomic E-state index is 13.0. The van der Waals surface area contributed by atoms with Crippen LogP contribution in [0.1, 0.15) is 24.0 Å². The number of aliphatic imine (C=N–C) groups is 1. The van der Waals surface area contributed by atoms with Gasteiger partial charge in [0.05, 0.1) is 29.0 Å². The molecule has 0 bridgehead atoms. The maximum Gasteiger partial charge on any atom is 0.416 e. The number of hydrogen-bond donors (Lipinski definition) is 2. The zero-order valence-electron chi connectivity index (χ0n) is 14.9. The molecule has 0 aromatic heterocycles. The Balaban J connectivity index is 1.67. The van der Waals surface area contributed by atoms with Crippen LogP contribution in [-0.4, -0.2) is 24.6 Å². The van der Waals surface area contributed by atoms with E-state index in [0.717, 1.165) is 23.5 Å². The minimum atomic E-state index is -4.42. The molecule has 2 aromatic rings. The van der Waals surface area contributed by atoms with E-state index in [1.54, 1.807) is 0 Å². The number of para-hydroxylation sites is 2. The number of rotatable bonds is 2. The molecule has 0 atom stereocenters. The average Bonchev–Trinajstić information content (AvgIpc) is 2.67. The number of fused-ring (bicyclic) bond motifs is 1. The van der Waals surface area contributed by atoms with Crippen molar-refractivity contribution < 1.29 is 17.9 Å². The second-order valence-electron chi connectivity index (χ2n) is 6.96. The van der Waals surface area contributed by atoms with Crippen LogP contribution in [-0.2, 0) is 17.5 Å². The van der Waals surface area contributed by atoms with Crippen molar-refractivity contribution in [3.63, 3.8) is 0 Å². The van der Waals surface area contributed by atoms with Gasteiger partial charge >= 0.3 is 6.18 Å². The Morgan fingerprint density at radius 3 is 2.50 bits per heavy atom. The highest BCUT2D eigenvalue weighted by atomic mass is 35.5. The summed E-state index contributed by atoms with van der Waals surface area (Å²) in [5, 5.41) is 7.19. The van der Waals surface area contributed by atoms with Crippen molar-refractivity contribution in [2.24, 2.45) is 4.99 Å². The average molecular weight is 410 g/mol. The molecule has 4 nitrogen and oxygen atoms in total. The van der Waals surface area contributed by atoms with Crippen molar-refractivity contribution in [3.05, 3.63) is 58.6 Å². The van der Waals surface area contributed by atoms with Gasteiger partial charge in [-0.3, -0.25) is 4.99 Å². The van der Waals surface area contributed by atoms with Crippen LogP contribution in [0.3, 0.4) is 0 Å². The van der Waals surface area contributed by atoms with Gasteiger partial charge < -0.3 is 15.4 Å². The van der Waals surface area contributed by atoms with E-state index in [0.29, 0.717) is 37.5 Å². The van der Waals surface area contributed by atoms with Crippen LogP contribution in [0.25, 0.3) is 0 Å². The van der Waals surface area contributed by atoms with E-state index in [-0.39, 0.29) is 11.6 Å². The Morgan fingerprint density at radius 1 is 1.07 bits per heavy atom. The van der Waals surface area contributed by atoms with Crippen molar-refractivity contribution in [2.45, 2.75) is 31.1 Å². The predicted molar refractivity (Wildman–Crippen MR) is 104 cm³/mol. The third-order valence-corrected chi connectivity index (χ3v) is 5.50. The van der Waals surface area contributed by atoms with E-state index in [9.17, 15) is 13.2 Å².